The molecule has 3 heterocycles. The predicted octanol–water partition coefficient (Wildman–Crippen LogP) is 4.25. The molecule has 0 saturated carbocycles. The van der Waals surface area contributed by atoms with Crippen LogP contribution in [0, 0.1) is 0 Å². The first-order valence-electron chi connectivity index (χ1n) is 9.13. The van der Waals surface area contributed by atoms with Crippen LogP contribution < -0.4 is 19.3 Å². The van der Waals surface area contributed by atoms with Crippen molar-refractivity contribution in [3.63, 3.8) is 0 Å². The minimum Gasteiger partial charge on any atom is -0.497 e. The van der Waals surface area contributed by atoms with E-state index in [1.165, 1.54) is 0 Å². The highest BCUT2D eigenvalue weighted by Crippen LogP contribution is 2.36. The molecule has 28 heavy (non-hydrogen) atoms. The van der Waals surface area contributed by atoms with Crippen LogP contribution in [0.1, 0.15) is 0 Å². The molecule has 5 rings (SSSR count). The smallest absolute Gasteiger partial charge is 0.186 e. The molecule has 1 aliphatic rings. The first kappa shape index (κ1) is 17.5. The number of para-hydroxylation sites is 1. The standard InChI is InChI=1S/C20H20N4O2S2/c1-25-13-6-7-14-17(12-13)28-19(21-14)23-8-10-24(11-9-23)20-22-18-15(26-2)4-3-5-16(18)27-20/h3-7,12H,8-11H2,1-2H3. The molecule has 2 aromatic carbocycles. The molecular formula is C20H20N4O2S2. The topological polar surface area (TPSA) is 50.7 Å². The molecule has 2 aromatic heterocycles. The van der Waals surface area contributed by atoms with Crippen LogP contribution in [-0.4, -0.2) is 50.4 Å². The Balaban J connectivity index is 1.33. The van der Waals surface area contributed by atoms with Gasteiger partial charge in [0.25, 0.3) is 0 Å². The van der Waals surface area contributed by atoms with Crippen molar-refractivity contribution in [3.05, 3.63) is 36.4 Å². The Hall–Kier alpha value is -2.58. The molecule has 144 valence electrons. The molecule has 8 heteroatoms. The van der Waals surface area contributed by atoms with Gasteiger partial charge in [-0.3, -0.25) is 0 Å². The van der Waals surface area contributed by atoms with Crippen molar-refractivity contribution < 1.29 is 9.47 Å². The molecule has 1 saturated heterocycles. The lowest BCUT2D eigenvalue weighted by atomic mass is 10.3. The number of benzene rings is 2. The van der Waals surface area contributed by atoms with Crippen LogP contribution in [0.25, 0.3) is 20.4 Å². The van der Waals surface area contributed by atoms with Crippen LogP contribution in [0.2, 0.25) is 0 Å². The van der Waals surface area contributed by atoms with Crippen molar-refractivity contribution in [2.45, 2.75) is 0 Å². The second-order valence-corrected chi connectivity index (χ2v) is 8.63. The zero-order chi connectivity index (χ0) is 19.1. The third-order valence-electron chi connectivity index (χ3n) is 5.00. The molecule has 0 N–H and O–H groups in total. The SMILES string of the molecule is COc1ccc2nc(N3CCN(c4nc5c(OC)cccc5s4)CC3)sc2c1. The molecule has 1 fully saturated rings. The van der Waals surface area contributed by atoms with Gasteiger partial charge in [-0.2, -0.15) is 0 Å². The fourth-order valence-electron chi connectivity index (χ4n) is 3.46. The van der Waals surface area contributed by atoms with Gasteiger partial charge in [-0.1, -0.05) is 28.7 Å². The average Bonchev–Trinajstić information content (AvgIpc) is 3.37. The highest BCUT2D eigenvalue weighted by atomic mass is 32.1. The quantitative estimate of drug-likeness (QED) is 0.499. The molecular weight excluding hydrogens is 392 g/mol. The number of rotatable bonds is 4. The fraction of sp³-hybridized carbons (Fsp3) is 0.300. The van der Waals surface area contributed by atoms with Crippen molar-refractivity contribution >= 4 is 53.4 Å². The van der Waals surface area contributed by atoms with Gasteiger partial charge in [-0.25, -0.2) is 9.97 Å². The first-order chi connectivity index (χ1) is 13.7. The molecule has 0 unspecified atom stereocenters. The molecule has 6 nitrogen and oxygen atoms in total. The van der Waals surface area contributed by atoms with Gasteiger partial charge in [0.05, 0.1) is 29.1 Å². The number of anilines is 2. The maximum atomic E-state index is 5.45. The van der Waals surface area contributed by atoms with Crippen LogP contribution in [0.4, 0.5) is 10.3 Å². The summed E-state index contributed by atoms with van der Waals surface area (Å²) in [4.78, 5) is 14.4. The Kier molecular flexibility index (Phi) is 4.44. The van der Waals surface area contributed by atoms with Crippen molar-refractivity contribution in [1.29, 1.82) is 0 Å². The van der Waals surface area contributed by atoms with E-state index < -0.39 is 0 Å². The summed E-state index contributed by atoms with van der Waals surface area (Å²) in [5.74, 6) is 1.71. The largest absolute Gasteiger partial charge is 0.497 e. The normalized spacial score (nSPS) is 14.8. The molecule has 0 bridgehead atoms. The lowest BCUT2D eigenvalue weighted by Crippen LogP contribution is -2.46. The minimum absolute atomic E-state index is 0.837. The molecule has 0 spiro atoms. The van der Waals surface area contributed by atoms with E-state index in [1.807, 2.05) is 24.3 Å². The number of hydrogen-bond acceptors (Lipinski definition) is 8. The number of nitrogens with zero attached hydrogens (tertiary/aromatic N) is 4. The Morgan fingerprint density at radius 2 is 1.54 bits per heavy atom. The third-order valence-corrected chi connectivity index (χ3v) is 7.16. The fourth-order valence-corrected chi connectivity index (χ4v) is 5.54. The van der Waals surface area contributed by atoms with Crippen LogP contribution in [0.3, 0.4) is 0 Å². The number of hydrogen-bond donors (Lipinski definition) is 0. The van der Waals surface area contributed by atoms with Gasteiger partial charge < -0.3 is 19.3 Å². The van der Waals surface area contributed by atoms with E-state index in [1.54, 1.807) is 36.9 Å². The maximum Gasteiger partial charge on any atom is 0.186 e. The number of fused-ring (bicyclic) bond motifs is 2. The second-order valence-electron chi connectivity index (χ2n) is 6.61. The lowest BCUT2D eigenvalue weighted by molar-refractivity contribution is 0.415. The molecule has 0 amide bonds. The second kappa shape index (κ2) is 7.10. The van der Waals surface area contributed by atoms with Gasteiger partial charge in [0.1, 0.15) is 17.0 Å². The van der Waals surface area contributed by atoms with Crippen LogP contribution in [0.5, 0.6) is 11.5 Å². The van der Waals surface area contributed by atoms with Crippen LogP contribution >= 0.6 is 22.7 Å². The van der Waals surface area contributed by atoms with Gasteiger partial charge in [-0.05, 0) is 30.3 Å². The van der Waals surface area contributed by atoms with Crippen LogP contribution in [0.15, 0.2) is 36.4 Å². The Morgan fingerprint density at radius 3 is 2.25 bits per heavy atom. The lowest BCUT2D eigenvalue weighted by Gasteiger charge is -2.34. The minimum atomic E-state index is 0.837. The van der Waals surface area contributed by atoms with Gasteiger partial charge >= 0.3 is 0 Å². The Bertz CT molecular complexity index is 1130. The summed E-state index contributed by atoms with van der Waals surface area (Å²) in [7, 11) is 3.39. The van der Waals surface area contributed by atoms with E-state index in [9.17, 15) is 0 Å². The van der Waals surface area contributed by atoms with Gasteiger partial charge in [0.2, 0.25) is 0 Å². The van der Waals surface area contributed by atoms with E-state index in [4.69, 9.17) is 19.4 Å². The summed E-state index contributed by atoms with van der Waals surface area (Å²) in [6, 6.07) is 12.1. The third kappa shape index (κ3) is 3.02. The zero-order valence-electron chi connectivity index (χ0n) is 15.7. The monoisotopic (exact) mass is 412 g/mol. The van der Waals surface area contributed by atoms with Crippen LogP contribution in [-0.2, 0) is 0 Å². The zero-order valence-corrected chi connectivity index (χ0v) is 17.3. The predicted molar refractivity (Wildman–Crippen MR) is 117 cm³/mol. The molecule has 1 aliphatic heterocycles. The van der Waals surface area contributed by atoms with E-state index in [-0.39, 0.29) is 0 Å². The molecule has 0 atom stereocenters. The summed E-state index contributed by atoms with van der Waals surface area (Å²) in [5.41, 5.74) is 1.98. The number of piperazine rings is 1. The number of ether oxygens (including phenoxy) is 2. The maximum absolute atomic E-state index is 5.45. The molecule has 0 radical (unpaired) electrons. The molecule has 0 aliphatic carbocycles. The highest BCUT2D eigenvalue weighted by Gasteiger charge is 2.22. The Morgan fingerprint density at radius 1 is 0.821 bits per heavy atom. The Labute approximate surface area is 171 Å². The van der Waals surface area contributed by atoms with Gasteiger partial charge in [0.15, 0.2) is 10.3 Å². The molecule has 4 aromatic rings. The average molecular weight is 413 g/mol. The van der Waals surface area contributed by atoms with Crippen molar-refractivity contribution in [2.24, 2.45) is 0 Å². The van der Waals surface area contributed by atoms with E-state index in [0.29, 0.717) is 0 Å². The van der Waals surface area contributed by atoms with Gasteiger partial charge in [-0.15, -0.1) is 0 Å². The summed E-state index contributed by atoms with van der Waals surface area (Å²) in [6.07, 6.45) is 0. The summed E-state index contributed by atoms with van der Waals surface area (Å²) < 4.78 is 13.1. The van der Waals surface area contributed by atoms with E-state index >= 15 is 0 Å². The van der Waals surface area contributed by atoms with E-state index in [0.717, 1.165) is 68.4 Å². The first-order valence-corrected chi connectivity index (χ1v) is 10.8. The number of methoxy groups -OCH3 is 2. The summed E-state index contributed by atoms with van der Waals surface area (Å²) in [6.45, 7) is 3.73. The number of thiazole rings is 2. The van der Waals surface area contributed by atoms with Crippen molar-refractivity contribution in [3.8, 4) is 11.5 Å². The highest BCUT2D eigenvalue weighted by molar-refractivity contribution is 7.22. The number of aromatic nitrogens is 2. The summed E-state index contributed by atoms with van der Waals surface area (Å²) in [5, 5.41) is 2.14. The van der Waals surface area contributed by atoms with Crippen molar-refractivity contribution in [1.82, 2.24) is 9.97 Å². The van der Waals surface area contributed by atoms with E-state index in [2.05, 4.69) is 21.9 Å². The van der Waals surface area contributed by atoms with Gasteiger partial charge in [0, 0.05) is 26.2 Å². The van der Waals surface area contributed by atoms with Crippen molar-refractivity contribution in [2.75, 3.05) is 50.2 Å². The summed E-state index contributed by atoms with van der Waals surface area (Å²) >= 11 is 3.45.